The molecule has 142 valence electrons. The van der Waals surface area contributed by atoms with Crippen LogP contribution in [0.5, 0.6) is 5.75 Å². The molecule has 2 aromatic carbocycles. The summed E-state index contributed by atoms with van der Waals surface area (Å²) in [5, 5.41) is 0.300. The standard InChI is InChI=1S/C21H21ClO5/c1-13-4-5-14(2)16(10-13)18(23)7-9-21(25)27-12-19(24)15-6-8-20(26-3)17(22)11-15/h4-6,8,10-11H,7,9,12H2,1-3H3. The number of methoxy groups -OCH3 is 1. The molecule has 0 fully saturated rings. The molecule has 0 N–H and O–H groups in total. The van der Waals surface area contributed by atoms with E-state index in [4.69, 9.17) is 21.1 Å². The first-order chi connectivity index (χ1) is 12.8. The molecule has 0 aliphatic carbocycles. The molecule has 27 heavy (non-hydrogen) atoms. The molecule has 0 atom stereocenters. The fourth-order valence-corrected chi connectivity index (χ4v) is 2.79. The smallest absolute Gasteiger partial charge is 0.306 e. The average molecular weight is 389 g/mol. The SMILES string of the molecule is COc1ccc(C(=O)COC(=O)CCC(=O)c2cc(C)ccc2C)cc1Cl. The number of halogens is 1. The molecule has 0 radical (unpaired) electrons. The van der Waals surface area contributed by atoms with Crippen molar-refractivity contribution >= 4 is 29.1 Å². The Kier molecular flexibility index (Phi) is 7.13. The molecule has 0 aliphatic rings. The molecule has 2 rings (SSSR count). The Hall–Kier alpha value is -2.66. The number of ketones is 2. The molecule has 0 aromatic heterocycles. The molecule has 0 aliphatic heterocycles. The van der Waals surface area contributed by atoms with Crippen LogP contribution in [0.15, 0.2) is 36.4 Å². The van der Waals surface area contributed by atoms with Crippen molar-refractivity contribution in [2.45, 2.75) is 26.7 Å². The van der Waals surface area contributed by atoms with Crippen molar-refractivity contribution in [3.8, 4) is 5.75 Å². The Morgan fingerprint density at radius 2 is 1.70 bits per heavy atom. The van der Waals surface area contributed by atoms with Crippen molar-refractivity contribution in [1.29, 1.82) is 0 Å². The van der Waals surface area contributed by atoms with Crippen LogP contribution in [-0.4, -0.2) is 31.3 Å². The molecule has 5 nitrogen and oxygen atoms in total. The van der Waals surface area contributed by atoms with E-state index in [9.17, 15) is 14.4 Å². The van der Waals surface area contributed by atoms with Gasteiger partial charge in [0, 0.05) is 17.5 Å². The van der Waals surface area contributed by atoms with Crippen LogP contribution >= 0.6 is 11.6 Å². The first-order valence-electron chi connectivity index (χ1n) is 8.44. The third kappa shape index (κ3) is 5.66. The molecule has 2 aromatic rings. The maximum absolute atomic E-state index is 12.3. The number of Topliss-reactive ketones (excluding diaryl/α,β-unsaturated/α-hetero) is 2. The highest BCUT2D eigenvalue weighted by Gasteiger charge is 2.15. The first kappa shape index (κ1) is 20.6. The minimum Gasteiger partial charge on any atom is -0.495 e. The topological polar surface area (TPSA) is 69.7 Å². The van der Waals surface area contributed by atoms with Gasteiger partial charge in [-0.25, -0.2) is 0 Å². The normalized spacial score (nSPS) is 10.4. The van der Waals surface area contributed by atoms with Crippen LogP contribution in [0.3, 0.4) is 0 Å². The summed E-state index contributed by atoms with van der Waals surface area (Å²) in [5.74, 6) is -0.646. The number of rotatable bonds is 8. The highest BCUT2D eigenvalue weighted by Crippen LogP contribution is 2.25. The van der Waals surface area contributed by atoms with E-state index >= 15 is 0 Å². The molecule has 0 saturated heterocycles. The van der Waals surface area contributed by atoms with Crippen molar-refractivity contribution < 1.29 is 23.9 Å². The van der Waals surface area contributed by atoms with Gasteiger partial charge >= 0.3 is 5.97 Å². The molecular formula is C21H21ClO5. The Morgan fingerprint density at radius 1 is 0.963 bits per heavy atom. The zero-order valence-corrected chi connectivity index (χ0v) is 16.3. The van der Waals surface area contributed by atoms with Gasteiger partial charge in [-0.2, -0.15) is 0 Å². The maximum Gasteiger partial charge on any atom is 0.306 e. The number of esters is 1. The lowest BCUT2D eigenvalue weighted by molar-refractivity contribution is -0.142. The van der Waals surface area contributed by atoms with Gasteiger partial charge in [0.2, 0.25) is 0 Å². The van der Waals surface area contributed by atoms with Gasteiger partial charge in [-0.3, -0.25) is 14.4 Å². The quantitative estimate of drug-likeness (QED) is 0.496. The highest BCUT2D eigenvalue weighted by atomic mass is 35.5. The van der Waals surface area contributed by atoms with Crippen LogP contribution in [0.4, 0.5) is 0 Å². The lowest BCUT2D eigenvalue weighted by atomic mass is 9.99. The summed E-state index contributed by atoms with van der Waals surface area (Å²) in [4.78, 5) is 36.2. The largest absolute Gasteiger partial charge is 0.495 e. The molecular weight excluding hydrogens is 368 g/mol. The van der Waals surface area contributed by atoms with E-state index in [0.717, 1.165) is 11.1 Å². The van der Waals surface area contributed by atoms with Gasteiger partial charge in [-0.1, -0.05) is 29.3 Å². The summed E-state index contributed by atoms with van der Waals surface area (Å²) < 4.78 is 10.0. The van der Waals surface area contributed by atoms with E-state index in [0.29, 0.717) is 21.9 Å². The fourth-order valence-electron chi connectivity index (χ4n) is 2.53. The molecule has 0 spiro atoms. The molecule has 0 heterocycles. The number of aryl methyl sites for hydroxylation is 2. The number of hydrogen-bond donors (Lipinski definition) is 0. The fraction of sp³-hybridized carbons (Fsp3) is 0.286. The number of carbonyl (C=O) groups is 3. The minimum absolute atomic E-state index is 0.0334. The van der Waals surface area contributed by atoms with Gasteiger partial charge in [-0.15, -0.1) is 0 Å². The van der Waals surface area contributed by atoms with E-state index < -0.39 is 12.6 Å². The average Bonchev–Trinajstić information content (AvgIpc) is 2.65. The predicted molar refractivity (Wildman–Crippen MR) is 103 cm³/mol. The predicted octanol–water partition coefficient (Wildman–Crippen LogP) is 4.35. The van der Waals surface area contributed by atoms with Crippen molar-refractivity contribution in [3.05, 3.63) is 63.7 Å². The minimum atomic E-state index is -0.596. The summed E-state index contributed by atoms with van der Waals surface area (Å²) in [6, 6.07) is 10.2. The molecule has 0 saturated carbocycles. The van der Waals surface area contributed by atoms with Gasteiger partial charge in [0.15, 0.2) is 18.2 Å². The van der Waals surface area contributed by atoms with E-state index in [2.05, 4.69) is 0 Å². The second-order valence-electron chi connectivity index (χ2n) is 6.17. The van der Waals surface area contributed by atoms with E-state index in [1.165, 1.54) is 13.2 Å². The lowest BCUT2D eigenvalue weighted by Gasteiger charge is -2.08. The Labute approximate surface area is 163 Å². The molecule has 6 heteroatoms. The van der Waals surface area contributed by atoms with Gasteiger partial charge in [-0.05, 0) is 43.7 Å². The van der Waals surface area contributed by atoms with Gasteiger partial charge in [0.25, 0.3) is 0 Å². The molecule has 0 unspecified atom stereocenters. The molecule has 0 amide bonds. The monoisotopic (exact) mass is 388 g/mol. The Bertz CT molecular complexity index is 873. The van der Waals surface area contributed by atoms with Crippen LogP contribution in [0.1, 0.15) is 44.7 Å². The Morgan fingerprint density at radius 3 is 2.37 bits per heavy atom. The van der Waals surface area contributed by atoms with E-state index in [1.54, 1.807) is 18.2 Å². The number of benzene rings is 2. The Balaban J connectivity index is 1.85. The zero-order chi connectivity index (χ0) is 20.0. The van der Waals surface area contributed by atoms with Crippen LogP contribution in [-0.2, 0) is 9.53 Å². The number of carbonyl (C=O) groups excluding carboxylic acids is 3. The third-order valence-electron chi connectivity index (χ3n) is 4.09. The number of ether oxygens (including phenoxy) is 2. The summed E-state index contributed by atoms with van der Waals surface area (Å²) in [5.41, 5.74) is 2.77. The van der Waals surface area contributed by atoms with Gasteiger partial charge < -0.3 is 9.47 Å². The highest BCUT2D eigenvalue weighted by molar-refractivity contribution is 6.32. The summed E-state index contributed by atoms with van der Waals surface area (Å²) in [6.07, 6.45) is -0.0471. The first-order valence-corrected chi connectivity index (χ1v) is 8.82. The molecule has 0 bridgehead atoms. The second kappa shape index (κ2) is 9.33. The van der Waals surface area contributed by atoms with Crippen LogP contribution < -0.4 is 4.74 Å². The number of hydrogen-bond acceptors (Lipinski definition) is 5. The van der Waals surface area contributed by atoms with Crippen LogP contribution in [0.2, 0.25) is 5.02 Å². The maximum atomic E-state index is 12.3. The lowest BCUT2D eigenvalue weighted by Crippen LogP contribution is -2.15. The van der Waals surface area contributed by atoms with Gasteiger partial charge in [0.05, 0.1) is 18.6 Å². The van der Waals surface area contributed by atoms with Crippen molar-refractivity contribution in [2.24, 2.45) is 0 Å². The van der Waals surface area contributed by atoms with Crippen molar-refractivity contribution in [1.82, 2.24) is 0 Å². The zero-order valence-electron chi connectivity index (χ0n) is 15.5. The van der Waals surface area contributed by atoms with E-state index in [-0.39, 0.29) is 24.4 Å². The van der Waals surface area contributed by atoms with Crippen LogP contribution in [0.25, 0.3) is 0 Å². The van der Waals surface area contributed by atoms with Crippen molar-refractivity contribution in [2.75, 3.05) is 13.7 Å². The summed E-state index contributed by atoms with van der Waals surface area (Å²) in [7, 11) is 1.48. The van der Waals surface area contributed by atoms with Crippen molar-refractivity contribution in [3.63, 3.8) is 0 Å². The van der Waals surface area contributed by atoms with Crippen LogP contribution in [0, 0.1) is 13.8 Å². The van der Waals surface area contributed by atoms with Gasteiger partial charge in [0.1, 0.15) is 5.75 Å². The second-order valence-corrected chi connectivity index (χ2v) is 6.58. The summed E-state index contributed by atoms with van der Waals surface area (Å²) >= 11 is 5.98. The van der Waals surface area contributed by atoms with E-state index in [1.807, 2.05) is 26.0 Å². The third-order valence-corrected chi connectivity index (χ3v) is 4.38. The summed E-state index contributed by atoms with van der Waals surface area (Å²) in [6.45, 7) is 3.35.